The van der Waals surface area contributed by atoms with E-state index in [0.29, 0.717) is 92.0 Å². The zero-order chi connectivity index (χ0) is 17.3. The van der Waals surface area contributed by atoms with Crippen molar-refractivity contribution in [2.75, 3.05) is 79.2 Å². The zero-order valence-electron chi connectivity index (χ0n) is 14.6. The van der Waals surface area contributed by atoms with E-state index in [9.17, 15) is 4.79 Å². The molecule has 0 atom stereocenters. The lowest BCUT2D eigenvalue weighted by Gasteiger charge is -2.22. The molecule has 0 spiro atoms. The fourth-order valence-electron chi connectivity index (χ4n) is 2.08. The number of ether oxygens (including phenoxy) is 5. The highest BCUT2D eigenvalue weighted by Crippen LogP contribution is 2.00. The first-order chi connectivity index (χ1) is 11.8. The van der Waals surface area contributed by atoms with Gasteiger partial charge in [-0.25, -0.2) is 0 Å². The van der Waals surface area contributed by atoms with Crippen LogP contribution >= 0.6 is 0 Å². The molecule has 0 aliphatic carbocycles. The summed E-state index contributed by atoms with van der Waals surface area (Å²) >= 11 is 0. The van der Waals surface area contributed by atoms with E-state index in [-0.39, 0.29) is 5.91 Å². The third kappa shape index (κ3) is 11.5. The second kappa shape index (κ2) is 15.5. The molecule has 1 amide bonds. The molecule has 0 aromatic heterocycles. The van der Waals surface area contributed by atoms with Gasteiger partial charge in [-0.2, -0.15) is 0 Å². The van der Waals surface area contributed by atoms with Crippen LogP contribution in [0.2, 0.25) is 0 Å². The normalized spacial score (nSPS) is 20.8. The molecular formula is C17H31NO6. The van der Waals surface area contributed by atoms with E-state index >= 15 is 0 Å². The number of carbonyl (C=O) groups excluding carboxylic acids is 1. The summed E-state index contributed by atoms with van der Waals surface area (Å²) in [6, 6.07) is 0. The van der Waals surface area contributed by atoms with Crippen LogP contribution in [0.5, 0.6) is 0 Å². The largest absolute Gasteiger partial charge is 0.377 e. The third-order valence-corrected chi connectivity index (χ3v) is 3.41. The minimum absolute atomic E-state index is 0.0983. The van der Waals surface area contributed by atoms with Gasteiger partial charge >= 0.3 is 0 Å². The summed E-state index contributed by atoms with van der Waals surface area (Å²) in [7, 11) is 0. The maximum atomic E-state index is 12.2. The number of amides is 1. The minimum atomic E-state index is 0.0983. The van der Waals surface area contributed by atoms with Crippen LogP contribution in [-0.4, -0.2) is 90.0 Å². The van der Waals surface area contributed by atoms with Gasteiger partial charge in [-0.15, -0.1) is 6.58 Å². The SMILES string of the molecule is C=CCCC(=O)N1CCOCCOCCOCCOCCOCC1. The second-order valence-electron chi connectivity index (χ2n) is 5.27. The van der Waals surface area contributed by atoms with E-state index in [2.05, 4.69) is 6.58 Å². The first-order valence-electron chi connectivity index (χ1n) is 8.62. The van der Waals surface area contributed by atoms with Crippen molar-refractivity contribution < 1.29 is 28.5 Å². The molecule has 0 saturated carbocycles. The van der Waals surface area contributed by atoms with Crippen molar-refractivity contribution in [2.45, 2.75) is 12.8 Å². The van der Waals surface area contributed by atoms with E-state index in [4.69, 9.17) is 23.7 Å². The maximum absolute atomic E-state index is 12.2. The summed E-state index contributed by atoms with van der Waals surface area (Å²) in [6.07, 6.45) is 2.90. The van der Waals surface area contributed by atoms with Gasteiger partial charge < -0.3 is 28.6 Å². The minimum Gasteiger partial charge on any atom is -0.377 e. The molecule has 1 fully saturated rings. The zero-order valence-corrected chi connectivity index (χ0v) is 14.6. The molecule has 0 radical (unpaired) electrons. The molecule has 1 heterocycles. The fraction of sp³-hybridized carbons (Fsp3) is 0.824. The van der Waals surface area contributed by atoms with Crippen molar-refractivity contribution in [1.82, 2.24) is 4.90 Å². The molecule has 7 nitrogen and oxygen atoms in total. The highest BCUT2D eigenvalue weighted by molar-refractivity contribution is 5.76. The summed E-state index contributed by atoms with van der Waals surface area (Å²) in [5.41, 5.74) is 0. The molecule has 0 N–H and O–H groups in total. The Morgan fingerprint density at radius 3 is 1.50 bits per heavy atom. The lowest BCUT2D eigenvalue weighted by Crippen LogP contribution is -2.37. The van der Waals surface area contributed by atoms with Gasteiger partial charge in [0.25, 0.3) is 0 Å². The number of hydrogen-bond acceptors (Lipinski definition) is 6. The molecule has 7 heteroatoms. The van der Waals surface area contributed by atoms with E-state index in [1.54, 1.807) is 11.0 Å². The maximum Gasteiger partial charge on any atom is 0.223 e. The van der Waals surface area contributed by atoms with E-state index in [1.165, 1.54) is 0 Å². The number of rotatable bonds is 3. The molecule has 0 unspecified atom stereocenters. The Kier molecular flexibility index (Phi) is 13.6. The van der Waals surface area contributed by atoms with E-state index < -0.39 is 0 Å². The van der Waals surface area contributed by atoms with Crippen molar-refractivity contribution in [1.29, 1.82) is 0 Å². The first-order valence-corrected chi connectivity index (χ1v) is 8.62. The molecule has 1 aliphatic rings. The van der Waals surface area contributed by atoms with E-state index in [0.717, 1.165) is 0 Å². The smallest absolute Gasteiger partial charge is 0.223 e. The van der Waals surface area contributed by atoms with Crippen LogP contribution in [0, 0.1) is 0 Å². The standard InChI is InChI=1S/C17H31NO6/c1-2-3-4-17(19)18-5-7-20-9-11-22-13-15-24-16-14-23-12-10-21-8-6-18/h2H,1,3-16H2. The van der Waals surface area contributed by atoms with Crippen LogP contribution in [0.3, 0.4) is 0 Å². The molecule has 1 rings (SSSR count). The van der Waals surface area contributed by atoms with Crippen LogP contribution in [-0.2, 0) is 28.5 Å². The second-order valence-corrected chi connectivity index (χ2v) is 5.27. The Balaban J connectivity index is 2.33. The Bertz CT molecular complexity index is 308. The molecule has 1 aliphatic heterocycles. The average Bonchev–Trinajstić information content (AvgIpc) is 2.59. The number of nitrogens with zero attached hydrogens (tertiary/aromatic N) is 1. The topological polar surface area (TPSA) is 66.5 Å². The number of hydrogen-bond donors (Lipinski definition) is 0. The van der Waals surface area contributed by atoms with Crippen LogP contribution in [0.25, 0.3) is 0 Å². The average molecular weight is 345 g/mol. The van der Waals surface area contributed by atoms with Crippen molar-refractivity contribution in [3.05, 3.63) is 12.7 Å². The highest BCUT2D eigenvalue weighted by Gasteiger charge is 2.12. The third-order valence-electron chi connectivity index (χ3n) is 3.41. The molecule has 24 heavy (non-hydrogen) atoms. The highest BCUT2D eigenvalue weighted by atomic mass is 16.6. The van der Waals surface area contributed by atoms with Crippen LogP contribution < -0.4 is 0 Å². The monoisotopic (exact) mass is 345 g/mol. The van der Waals surface area contributed by atoms with Gasteiger partial charge in [0, 0.05) is 19.5 Å². The molecule has 1 saturated heterocycles. The summed E-state index contributed by atoms with van der Waals surface area (Å²) in [6.45, 7) is 9.98. The Hall–Kier alpha value is -0.990. The van der Waals surface area contributed by atoms with Gasteiger partial charge in [0.2, 0.25) is 5.91 Å². The predicted octanol–water partition coefficient (Wildman–Crippen LogP) is 0.878. The Morgan fingerprint density at radius 1 is 0.750 bits per heavy atom. The fourth-order valence-corrected chi connectivity index (χ4v) is 2.08. The quantitative estimate of drug-likeness (QED) is 0.708. The molecule has 140 valence electrons. The summed E-state index contributed by atoms with van der Waals surface area (Å²) in [5.74, 6) is 0.0983. The van der Waals surface area contributed by atoms with Crippen LogP contribution in [0.4, 0.5) is 0 Å². The summed E-state index contributed by atoms with van der Waals surface area (Å²) in [5, 5.41) is 0. The van der Waals surface area contributed by atoms with Crippen molar-refractivity contribution in [2.24, 2.45) is 0 Å². The van der Waals surface area contributed by atoms with Crippen LogP contribution in [0.1, 0.15) is 12.8 Å². The predicted molar refractivity (Wildman–Crippen MR) is 90.1 cm³/mol. The lowest BCUT2D eigenvalue weighted by molar-refractivity contribution is -0.133. The van der Waals surface area contributed by atoms with Gasteiger partial charge in [-0.1, -0.05) is 6.08 Å². The van der Waals surface area contributed by atoms with Crippen LogP contribution in [0.15, 0.2) is 12.7 Å². The van der Waals surface area contributed by atoms with Crippen molar-refractivity contribution >= 4 is 5.91 Å². The first kappa shape index (κ1) is 21.1. The van der Waals surface area contributed by atoms with Gasteiger partial charge in [0.1, 0.15) is 0 Å². The Morgan fingerprint density at radius 2 is 1.12 bits per heavy atom. The lowest BCUT2D eigenvalue weighted by atomic mass is 10.2. The molecular weight excluding hydrogens is 314 g/mol. The number of allylic oxidation sites excluding steroid dienone is 1. The van der Waals surface area contributed by atoms with Gasteiger partial charge in [0.05, 0.1) is 66.1 Å². The van der Waals surface area contributed by atoms with Gasteiger partial charge in [-0.05, 0) is 6.42 Å². The van der Waals surface area contributed by atoms with Gasteiger partial charge in [-0.3, -0.25) is 4.79 Å². The number of carbonyl (C=O) groups is 1. The van der Waals surface area contributed by atoms with E-state index in [1.807, 2.05) is 0 Å². The molecule has 0 aromatic carbocycles. The summed E-state index contributed by atoms with van der Waals surface area (Å²) in [4.78, 5) is 14.0. The summed E-state index contributed by atoms with van der Waals surface area (Å²) < 4.78 is 27.2. The van der Waals surface area contributed by atoms with Crippen molar-refractivity contribution in [3.63, 3.8) is 0 Å². The molecule has 0 aromatic rings. The van der Waals surface area contributed by atoms with Gasteiger partial charge in [0.15, 0.2) is 0 Å². The molecule has 0 bridgehead atoms. The van der Waals surface area contributed by atoms with Crippen molar-refractivity contribution in [3.8, 4) is 0 Å². The Labute approximate surface area is 144 Å².